The molecule has 1 heterocycles. The Hall–Kier alpha value is -1.20. The number of benzene rings is 1. The molecule has 0 aliphatic rings. The first kappa shape index (κ1) is 12.3. The van der Waals surface area contributed by atoms with Crippen LogP contribution in [0.1, 0.15) is 5.82 Å². The summed E-state index contributed by atoms with van der Waals surface area (Å²) in [5.41, 5.74) is 0. The summed E-state index contributed by atoms with van der Waals surface area (Å²) in [5, 5.41) is 0.282. The van der Waals surface area contributed by atoms with Gasteiger partial charge >= 0.3 is 0 Å². The molecule has 0 N–H and O–H groups in total. The van der Waals surface area contributed by atoms with Gasteiger partial charge in [0.25, 0.3) is 0 Å². The van der Waals surface area contributed by atoms with E-state index in [4.69, 9.17) is 16.3 Å². The summed E-state index contributed by atoms with van der Waals surface area (Å²) < 4.78 is 19.0. The minimum Gasteiger partial charge on any atom is -0.439 e. The van der Waals surface area contributed by atoms with Gasteiger partial charge in [0.05, 0.1) is 4.47 Å². The number of nitrogens with zero attached hydrogens (tertiary/aromatic N) is 2. The van der Waals surface area contributed by atoms with E-state index in [9.17, 15) is 4.39 Å². The molecule has 3 nitrogen and oxygen atoms in total. The first-order valence-electron chi connectivity index (χ1n) is 4.69. The number of ether oxygens (including phenoxy) is 1. The van der Waals surface area contributed by atoms with E-state index >= 15 is 0 Å². The maximum atomic E-state index is 13.3. The summed E-state index contributed by atoms with van der Waals surface area (Å²) in [6, 6.07) is 5.91. The third-order valence-corrected chi connectivity index (χ3v) is 2.73. The van der Waals surface area contributed by atoms with Gasteiger partial charge in [0.1, 0.15) is 22.5 Å². The standard InChI is InChI=1S/C11H7BrClFN2O/c1-6-15-10(13)5-11(16-6)17-7-2-3-8(12)9(14)4-7/h2-5H,1H3. The number of rotatable bonds is 2. The third-order valence-electron chi connectivity index (χ3n) is 1.90. The van der Waals surface area contributed by atoms with Crippen molar-refractivity contribution in [3.63, 3.8) is 0 Å². The Kier molecular flexibility index (Phi) is 3.59. The molecule has 0 radical (unpaired) electrons. The average molecular weight is 318 g/mol. The van der Waals surface area contributed by atoms with Crippen LogP contribution in [0.5, 0.6) is 11.6 Å². The maximum absolute atomic E-state index is 13.3. The highest BCUT2D eigenvalue weighted by Crippen LogP contribution is 2.25. The summed E-state index contributed by atoms with van der Waals surface area (Å²) >= 11 is 8.82. The van der Waals surface area contributed by atoms with Crippen molar-refractivity contribution in [3.8, 4) is 11.6 Å². The van der Waals surface area contributed by atoms with E-state index in [1.54, 1.807) is 19.1 Å². The Morgan fingerprint density at radius 2 is 2.06 bits per heavy atom. The van der Waals surface area contributed by atoms with E-state index < -0.39 is 5.82 Å². The molecule has 0 aliphatic heterocycles. The van der Waals surface area contributed by atoms with Gasteiger partial charge in [-0.3, -0.25) is 0 Å². The molecule has 2 aromatic rings. The molecule has 0 saturated carbocycles. The largest absolute Gasteiger partial charge is 0.439 e. The average Bonchev–Trinajstić information content (AvgIpc) is 2.22. The topological polar surface area (TPSA) is 35.0 Å². The molecule has 1 aromatic carbocycles. The zero-order valence-electron chi connectivity index (χ0n) is 8.75. The van der Waals surface area contributed by atoms with Gasteiger partial charge in [0, 0.05) is 12.1 Å². The summed E-state index contributed by atoms with van der Waals surface area (Å²) in [6.07, 6.45) is 0. The van der Waals surface area contributed by atoms with Crippen LogP contribution in [-0.4, -0.2) is 9.97 Å². The SMILES string of the molecule is Cc1nc(Cl)cc(Oc2ccc(Br)c(F)c2)n1. The van der Waals surface area contributed by atoms with Crippen LogP contribution in [0.4, 0.5) is 4.39 Å². The molecule has 1 aromatic heterocycles. The Balaban J connectivity index is 2.28. The van der Waals surface area contributed by atoms with Crippen LogP contribution >= 0.6 is 27.5 Å². The first-order chi connectivity index (χ1) is 8.04. The smallest absolute Gasteiger partial charge is 0.224 e. The van der Waals surface area contributed by atoms with Crippen molar-refractivity contribution in [3.05, 3.63) is 45.5 Å². The Morgan fingerprint density at radius 3 is 2.71 bits per heavy atom. The number of aryl methyl sites for hydroxylation is 1. The van der Waals surface area contributed by atoms with Gasteiger partial charge in [-0.15, -0.1) is 0 Å². The van der Waals surface area contributed by atoms with Crippen molar-refractivity contribution < 1.29 is 9.13 Å². The van der Waals surface area contributed by atoms with Crippen LogP contribution in [0.25, 0.3) is 0 Å². The molecule has 0 spiro atoms. The molecule has 0 bridgehead atoms. The summed E-state index contributed by atoms with van der Waals surface area (Å²) in [6.45, 7) is 1.70. The van der Waals surface area contributed by atoms with Gasteiger partial charge in [-0.1, -0.05) is 11.6 Å². The monoisotopic (exact) mass is 316 g/mol. The van der Waals surface area contributed by atoms with E-state index in [1.807, 2.05) is 0 Å². The molecular weight excluding hydrogens is 310 g/mol. The quantitative estimate of drug-likeness (QED) is 0.781. The molecule has 88 valence electrons. The normalized spacial score (nSPS) is 10.4. The van der Waals surface area contributed by atoms with Crippen LogP contribution < -0.4 is 4.74 Å². The van der Waals surface area contributed by atoms with Gasteiger partial charge in [-0.25, -0.2) is 9.37 Å². The van der Waals surface area contributed by atoms with Crippen molar-refractivity contribution in [2.24, 2.45) is 0 Å². The highest BCUT2D eigenvalue weighted by Gasteiger charge is 2.05. The molecule has 2 rings (SSSR count). The predicted molar refractivity (Wildman–Crippen MR) is 66.0 cm³/mol. The van der Waals surface area contributed by atoms with Crippen molar-refractivity contribution in [2.45, 2.75) is 6.92 Å². The van der Waals surface area contributed by atoms with Gasteiger partial charge in [-0.05, 0) is 35.0 Å². The van der Waals surface area contributed by atoms with Crippen LogP contribution in [-0.2, 0) is 0 Å². The zero-order valence-corrected chi connectivity index (χ0v) is 11.1. The first-order valence-corrected chi connectivity index (χ1v) is 5.86. The van der Waals surface area contributed by atoms with Crippen molar-refractivity contribution >= 4 is 27.5 Å². The van der Waals surface area contributed by atoms with Crippen molar-refractivity contribution in [2.75, 3.05) is 0 Å². The lowest BCUT2D eigenvalue weighted by Crippen LogP contribution is -1.93. The molecule has 0 fully saturated rings. The molecule has 0 aliphatic carbocycles. The van der Waals surface area contributed by atoms with Gasteiger partial charge < -0.3 is 4.74 Å². The van der Waals surface area contributed by atoms with Crippen molar-refractivity contribution in [1.29, 1.82) is 0 Å². The minimum absolute atomic E-state index is 0.282. The van der Waals surface area contributed by atoms with E-state index in [2.05, 4.69) is 25.9 Å². The number of hydrogen-bond donors (Lipinski definition) is 0. The Morgan fingerprint density at radius 1 is 1.29 bits per heavy atom. The predicted octanol–water partition coefficient (Wildman–Crippen LogP) is 4.13. The molecule has 17 heavy (non-hydrogen) atoms. The molecule has 6 heteroatoms. The van der Waals surface area contributed by atoms with E-state index in [0.29, 0.717) is 16.0 Å². The van der Waals surface area contributed by atoms with E-state index in [1.165, 1.54) is 12.1 Å². The third kappa shape index (κ3) is 3.14. The molecule has 0 atom stereocenters. The summed E-state index contributed by atoms with van der Waals surface area (Å²) in [7, 11) is 0. The zero-order chi connectivity index (χ0) is 12.4. The number of halogens is 3. The molecular formula is C11H7BrClFN2O. The lowest BCUT2D eigenvalue weighted by molar-refractivity contribution is 0.455. The van der Waals surface area contributed by atoms with Crippen molar-refractivity contribution in [1.82, 2.24) is 9.97 Å². The second-order valence-electron chi connectivity index (χ2n) is 3.25. The highest BCUT2D eigenvalue weighted by molar-refractivity contribution is 9.10. The van der Waals surface area contributed by atoms with Crippen LogP contribution in [0.3, 0.4) is 0 Å². The molecule has 0 unspecified atom stereocenters. The lowest BCUT2D eigenvalue weighted by atomic mass is 10.3. The molecule has 0 saturated heterocycles. The fourth-order valence-electron chi connectivity index (χ4n) is 1.22. The second-order valence-corrected chi connectivity index (χ2v) is 4.50. The fourth-order valence-corrected chi connectivity index (χ4v) is 1.68. The van der Waals surface area contributed by atoms with E-state index in [-0.39, 0.29) is 11.0 Å². The Bertz CT molecular complexity index is 545. The Labute approximate surface area is 111 Å². The number of aromatic nitrogens is 2. The van der Waals surface area contributed by atoms with Crippen LogP contribution in [0.2, 0.25) is 5.15 Å². The van der Waals surface area contributed by atoms with Gasteiger partial charge in [-0.2, -0.15) is 4.98 Å². The van der Waals surface area contributed by atoms with Gasteiger partial charge in [0.15, 0.2) is 0 Å². The maximum Gasteiger partial charge on any atom is 0.224 e. The minimum atomic E-state index is -0.403. The summed E-state index contributed by atoms with van der Waals surface area (Å²) in [5.74, 6) is 0.716. The highest BCUT2D eigenvalue weighted by atomic mass is 79.9. The number of hydrogen-bond acceptors (Lipinski definition) is 3. The van der Waals surface area contributed by atoms with Crippen LogP contribution in [0, 0.1) is 12.7 Å². The lowest BCUT2D eigenvalue weighted by Gasteiger charge is -2.06. The second kappa shape index (κ2) is 4.98. The fraction of sp³-hybridized carbons (Fsp3) is 0.0909. The van der Waals surface area contributed by atoms with Gasteiger partial charge in [0.2, 0.25) is 5.88 Å². The van der Waals surface area contributed by atoms with Crippen LogP contribution in [0.15, 0.2) is 28.7 Å². The van der Waals surface area contributed by atoms with E-state index in [0.717, 1.165) is 0 Å². The molecule has 0 amide bonds. The summed E-state index contributed by atoms with van der Waals surface area (Å²) in [4.78, 5) is 7.93.